The first-order chi connectivity index (χ1) is 4.83. The number of nitrogens with zero attached hydrogens (tertiary/aromatic N) is 1. The molecule has 10 heavy (non-hydrogen) atoms. The topological polar surface area (TPSA) is 21.7 Å². The van der Waals surface area contributed by atoms with Gasteiger partial charge >= 0.3 is 0 Å². The van der Waals surface area contributed by atoms with Crippen LogP contribution >= 0.6 is 0 Å². The van der Waals surface area contributed by atoms with Crippen LogP contribution in [0.3, 0.4) is 0 Å². The van der Waals surface area contributed by atoms with Crippen LogP contribution in [0.25, 0.3) is 0 Å². The molecule has 1 unspecified atom stereocenters. The van der Waals surface area contributed by atoms with Gasteiger partial charge in [0.2, 0.25) is 0 Å². The third kappa shape index (κ3) is 2.25. The maximum Gasteiger partial charge on any atom is 0.0541 e. The van der Waals surface area contributed by atoms with Crippen LogP contribution in [0.1, 0.15) is 6.42 Å². The average Bonchev–Trinajstić information content (AvgIpc) is 2.40. The van der Waals surface area contributed by atoms with Crippen LogP contribution in [0, 0.1) is 13.0 Å². The molecule has 60 valence electrons. The molecule has 3 heteroatoms. The first-order valence-corrected chi connectivity index (χ1v) is 3.53. The highest BCUT2D eigenvalue weighted by atomic mass is 16.7. The summed E-state index contributed by atoms with van der Waals surface area (Å²) >= 11 is 0. The van der Waals surface area contributed by atoms with Crippen molar-refractivity contribution in [2.45, 2.75) is 6.42 Å². The maximum atomic E-state index is 5.19. The molecule has 0 spiro atoms. The quantitative estimate of drug-likeness (QED) is 0.429. The minimum absolute atomic E-state index is 0.609. The van der Waals surface area contributed by atoms with Gasteiger partial charge in [-0.3, -0.25) is 7.05 Å². The molecule has 1 fully saturated rings. The predicted molar refractivity (Wildman–Crippen MR) is 38.0 cm³/mol. The lowest BCUT2D eigenvalue weighted by Crippen LogP contribution is -2.22. The monoisotopic (exact) mass is 144 g/mol. The third-order valence-corrected chi connectivity index (χ3v) is 1.74. The van der Waals surface area contributed by atoms with Gasteiger partial charge in [0.05, 0.1) is 13.7 Å². The summed E-state index contributed by atoms with van der Waals surface area (Å²) in [7, 11) is 5.30. The first kappa shape index (κ1) is 7.98. The van der Waals surface area contributed by atoms with Crippen molar-refractivity contribution in [2.24, 2.45) is 5.92 Å². The van der Waals surface area contributed by atoms with Crippen molar-refractivity contribution in [3.8, 4) is 0 Å². The largest absolute Gasteiger partial charge is 0.381 e. The predicted octanol–water partition coefficient (Wildman–Crippen LogP) is 0.678. The van der Waals surface area contributed by atoms with Crippen molar-refractivity contribution in [3.05, 3.63) is 7.05 Å². The van der Waals surface area contributed by atoms with Gasteiger partial charge in [0.1, 0.15) is 0 Å². The standard InChI is InChI=1S/C7H14NO2/c1-8(9-2)5-7-3-4-10-6-7/h7H,1,3-6H2,2H3/q-1. The van der Waals surface area contributed by atoms with Crippen molar-refractivity contribution >= 4 is 0 Å². The van der Waals surface area contributed by atoms with Crippen LogP contribution in [0.2, 0.25) is 0 Å². The zero-order valence-corrected chi connectivity index (χ0v) is 6.38. The SMILES string of the molecule is [CH2-]N(CC1CCOC1)OC. The highest BCUT2D eigenvalue weighted by Crippen LogP contribution is 2.12. The van der Waals surface area contributed by atoms with Crippen LogP contribution in [0.5, 0.6) is 0 Å². The summed E-state index contributed by atoms with van der Waals surface area (Å²) in [5, 5.41) is 1.60. The lowest BCUT2D eigenvalue weighted by atomic mass is 10.1. The third-order valence-electron chi connectivity index (χ3n) is 1.74. The lowest BCUT2D eigenvalue weighted by molar-refractivity contribution is -0.100. The fraction of sp³-hybridized carbons (Fsp3) is 0.857. The molecule has 1 saturated heterocycles. The van der Waals surface area contributed by atoms with E-state index in [9.17, 15) is 0 Å². The van der Waals surface area contributed by atoms with Crippen molar-refractivity contribution < 1.29 is 9.57 Å². The molecule has 1 heterocycles. The molecule has 0 aromatic rings. The van der Waals surface area contributed by atoms with E-state index in [0.717, 1.165) is 26.2 Å². The number of ether oxygens (including phenoxy) is 1. The van der Waals surface area contributed by atoms with Gasteiger partial charge in [-0.25, -0.2) is 0 Å². The van der Waals surface area contributed by atoms with Gasteiger partial charge in [-0.05, 0) is 18.9 Å². The Kier molecular flexibility index (Phi) is 3.12. The van der Waals surface area contributed by atoms with Crippen LogP contribution in [-0.2, 0) is 9.57 Å². The fourth-order valence-electron chi connectivity index (χ4n) is 1.09. The van der Waals surface area contributed by atoms with Crippen molar-refractivity contribution in [3.63, 3.8) is 0 Å². The Bertz CT molecular complexity index is 91.6. The highest BCUT2D eigenvalue weighted by molar-refractivity contribution is 4.65. The van der Waals surface area contributed by atoms with Gasteiger partial charge < -0.3 is 14.6 Å². The summed E-state index contributed by atoms with van der Waals surface area (Å²) in [6.07, 6.45) is 1.13. The average molecular weight is 144 g/mol. The van der Waals surface area contributed by atoms with Crippen LogP contribution < -0.4 is 0 Å². The Labute approximate surface area is 61.9 Å². The van der Waals surface area contributed by atoms with Crippen LogP contribution in [-0.4, -0.2) is 31.9 Å². The molecule has 0 radical (unpaired) electrons. The zero-order chi connectivity index (χ0) is 7.40. The van der Waals surface area contributed by atoms with Gasteiger partial charge in [-0.2, -0.15) is 0 Å². The van der Waals surface area contributed by atoms with E-state index in [0.29, 0.717) is 5.92 Å². The summed E-state index contributed by atoms with van der Waals surface area (Å²) in [5.74, 6) is 0.609. The summed E-state index contributed by atoms with van der Waals surface area (Å²) in [5.41, 5.74) is 0. The molecule has 0 bridgehead atoms. The molecule has 0 N–H and O–H groups in total. The molecule has 0 aromatic heterocycles. The molecule has 0 amide bonds. The number of hydrogen-bond donors (Lipinski definition) is 0. The Balaban J connectivity index is 2.11. The minimum atomic E-state index is 0.609. The van der Waals surface area contributed by atoms with Crippen LogP contribution in [0.15, 0.2) is 0 Å². The smallest absolute Gasteiger partial charge is 0.0541 e. The second-order valence-electron chi connectivity index (χ2n) is 2.58. The van der Waals surface area contributed by atoms with E-state index in [2.05, 4.69) is 7.05 Å². The summed E-state index contributed by atoms with van der Waals surface area (Å²) in [6, 6.07) is 0. The normalized spacial score (nSPS) is 26.1. The number of hydroxylamine groups is 2. The molecule has 1 atom stereocenters. The maximum absolute atomic E-state index is 5.19. The van der Waals surface area contributed by atoms with E-state index in [1.807, 2.05) is 0 Å². The Hall–Kier alpha value is -0.120. The van der Waals surface area contributed by atoms with Gasteiger partial charge in [-0.15, -0.1) is 0 Å². The highest BCUT2D eigenvalue weighted by Gasteiger charge is 2.14. The van der Waals surface area contributed by atoms with Gasteiger partial charge in [0.25, 0.3) is 0 Å². The molecular formula is C7H14NO2-. The fourth-order valence-corrected chi connectivity index (χ4v) is 1.09. The van der Waals surface area contributed by atoms with E-state index >= 15 is 0 Å². The molecule has 0 aromatic carbocycles. The molecular weight excluding hydrogens is 130 g/mol. The van der Waals surface area contributed by atoms with E-state index in [1.54, 1.807) is 12.2 Å². The van der Waals surface area contributed by atoms with Crippen molar-refractivity contribution in [1.29, 1.82) is 0 Å². The van der Waals surface area contributed by atoms with Gasteiger partial charge in [0, 0.05) is 6.61 Å². The van der Waals surface area contributed by atoms with Gasteiger partial charge in [0.15, 0.2) is 0 Å². The Morgan fingerprint density at radius 3 is 3.10 bits per heavy atom. The zero-order valence-electron chi connectivity index (χ0n) is 6.38. The number of hydrogen-bond acceptors (Lipinski definition) is 3. The molecule has 1 aliphatic heterocycles. The second kappa shape index (κ2) is 3.91. The summed E-state index contributed by atoms with van der Waals surface area (Å²) < 4.78 is 5.19. The van der Waals surface area contributed by atoms with E-state index in [4.69, 9.17) is 9.57 Å². The Morgan fingerprint density at radius 2 is 2.60 bits per heavy atom. The van der Waals surface area contributed by atoms with E-state index < -0.39 is 0 Å². The van der Waals surface area contributed by atoms with E-state index in [1.165, 1.54) is 0 Å². The van der Waals surface area contributed by atoms with Crippen molar-refractivity contribution in [1.82, 2.24) is 5.06 Å². The summed E-state index contributed by atoms with van der Waals surface area (Å²) in [6.45, 7) is 2.62. The number of rotatable bonds is 3. The first-order valence-electron chi connectivity index (χ1n) is 3.53. The molecule has 0 aliphatic carbocycles. The minimum Gasteiger partial charge on any atom is -0.381 e. The van der Waals surface area contributed by atoms with Crippen molar-refractivity contribution in [2.75, 3.05) is 26.9 Å². The molecule has 3 nitrogen and oxygen atoms in total. The lowest BCUT2D eigenvalue weighted by Gasteiger charge is -2.24. The molecule has 1 rings (SSSR count). The van der Waals surface area contributed by atoms with E-state index in [-0.39, 0.29) is 0 Å². The van der Waals surface area contributed by atoms with Gasteiger partial charge in [-0.1, -0.05) is 0 Å². The molecule has 1 aliphatic rings. The van der Waals surface area contributed by atoms with Crippen LogP contribution in [0.4, 0.5) is 0 Å². The second-order valence-corrected chi connectivity index (χ2v) is 2.58. The summed E-state index contributed by atoms with van der Waals surface area (Å²) in [4.78, 5) is 4.88. The Morgan fingerprint density at radius 1 is 1.80 bits per heavy atom. The molecule has 0 saturated carbocycles.